The number of hydrogen-bond acceptors (Lipinski definition) is 4. The molecule has 0 aliphatic carbocycles. The Morgan fingerprint density at radius 2 is 1.64 bits per heavy atom. The van der Waals surface area contributed by atoms with Gasteiger partial charge in [0.15, 0.2) is 5.78 Å². The van der Waals surface area contributed by atoms with Crippen LogP contribution in [0.15, 0.2) is 48.5 Å². The number of hydrogen-bond donors (Lipinski definition) is 0. The van der Waals surface area contributed by atoms with Gasteiger partial charge >= 0.3 is 0 Å². The molecule has 1 fully saturated rings. The Kier molecular flexibility index (Phi) is 6.63. The highest BCUT2D eigenvalue weighted by molar-refractivity contribution is 5.96. The van der Waals surface area contributed by atoms with Crippen molar-refractivity contribution in [1.29, 1.82) is 0 Å². The van der Waals surface area contributed by atoms with Crippen LogP contribution in [0.5, 0.6) is 5.75 Å². The van der Waals surface area contributed by atoms with Crippen LogP contribution in [0.4, 0.5) is 10.1 Å². The molecular formula is C22H25FN2O3. The third-order valence-electron chi connectivity index (χ3n) is 5.02. The van der Waals surface area contributed by atoms with Crippen LogP contribution in [0.2, 0.25) is 0 Å². The first-order valence-corrected chi connectivity index (χ1v) is 9.53. The summed E-state index contributed by atoms with van der Waals surface area (Å²) in [7, 11) is 1.66. The molecule has 148 valence electrons. The van der Waals surface area contributed by atoms with Crippen molar-refractivity contribution >= 4 is 17.4 Å². The van der Waals surface area contributed by atoms with Crippen LogP contribution in [0, 0.1) is 5.82 Å². The summed E-state index contributed by atoms with van der Waals surface area (Å²) in [5, 5.41) is 0. The van der Waals surface area contributed by atoms with Gasteiger partial charge in [-0.1, -0.05) is 12.1 Å². The number of para-hydroxylation sites is 2. The first kappa shape index (κ1) is 19.9. The van der Waals surface area contributed by atoms with E-state index in [1.807, 2.05) is 29.2 Å². The maximum atomic E-state index is 12.9. The van der Waals surface area contributed by atoms with Crippen LogP contribution in [0.3, 0.4) is 0 Å². The quantitative estimate of drug-likeness (QED) is 0.685. The van der Waals surface area contributed by atoms with Crippen LogP contribution in [0.1, 0.15) is 29.6 Å². The predicted molar refractivity (Wildman–Crippen MR) is 106 cm³/mol. The second kappa shape index (κ2) is 9.35. The second-order valence-corrected chi connectivity index (χ2v) is 6.82. The van der Waals surface area contributed by atoms with Gasteiger partial charge in [0, 0.05) is 44.6 Å². The number of ether oxygens (including phenoxy) is 1. The predicted octanol–water partition coefficient (Wildman–Crippen LogP) is 3.54. The lowest BCUT2D eigenvalue weighted by Gasteiger charge is -2.36. The van der Waals surface area contributed by atoms with E-state index in [2.05, 4.69) is 4.90 Å². The monoisotopic (exact) mass is 384 g/mol. The van der Waals surface area contributed by atoms with E-state index in [-0.39, 0.29) is 17.5 Å². The number of Topliss-reactive ketones (excluding diaryl/α,β-unsaturated/α-hetero) is 1. The summed E-state index contributed by atoms with van der Waals surface area (Å²) < 4.78 is 18.3. The molecule has 3 rings (SSSR count). The molecule has 0 aromatic heterocycles. The van der Waals surface area contributed by atoms with Crippen molar-refractivity contribution in [3.05, 3.63) is 59.9 Å². The molecule has 0 bridgehead atoms. The first-order valence-electron chi connectivity index (χ1n) is 9.53. The van der Waals surface area contributed by atoms with Crippen LogP contribution in [0.25, 0.3) is 0 Å². The van der Waals surface area contributed by atoms with E-state index in [0.717, 1.165) is 24.5 Å². The Morgan fingerprint density at radius 3 is 2.32 bits per heavy atom. The third kappa shape index (κ3) is 4.88. The van der Waals surface area contributed by atoms with E-state index < -0.39 is 0 Å². The zero-order valence-corrected chi connectivity index (χ0v) is 16.1. The molecule has 1 aliphatic heterocycles. The number of carbonyl (C=O) groups is 2. The second-order valence-electron chi connectivity index (χ2n) is 6.82. The molecule has 6 heteroatoms. The SMILES string of the molecule is COc1ccccc1N1CCN(C(=O)CCCC(=O)c2ccc(F)cc2)CC1. The van der Waals surface area contributed by atoms with Crippen LogP contribution in [-0.2, 0) is 4.79 Å². The molecule has 2 aromatic carbocycles. The number of ketones is 1. The molecule has 0 radical (unpaired) electrons. The van der Waals surface area contributed by atoms with E-state index >= 15 is 0 Å². The maximum Gasteiger partial charge on any atom is 0.222 e. The lowest BCUT2D eigenvalue weighted by Crippen LogP contribution is -2.48. The summed E-state index contributed by atoms with van der Waals surface area (Å²) in [5.41, 5.74) is 1.53. The minimum atomic E-state index is -0.362. The van der Waals surface area contributed by atoms with Crippen molar-refractivity contribution < 1.29 is 18.7 Å². The molecule has 28 heavy (non-hydrogen) atoms. The van der Waals surface area contributed by atoms with E-state index in [4.69, 9.17) is 4.74 Å². The Morgan fingerprint density at radius 1 is 0.964 bits per heavy atom. The minimum absolute atomic E-state index is 0.0613. The Hall–Kier alpha value is -2.89. The van der Waals surface area contributed by atoms with Gasteiger partial charge < -0.3 is 14.5 Å². The van der Waals surface area contributed by atoms with Gasteiger partial charge in [-0.15, -0.1) is 0 Å². The van der Waals surface area contributed by atoms with Crippen LogP contribution in [-0.4, -0.2) is 49.9 Å². The topological polar surface area (TPSA) is 49.9 Å². The molecule has 0 saturated carbocycles. The summed E-state index contributed by atoms with van der Waals surface area (Å²) in [6, 6.07) is 13.4. The van der Waals surface area contributed by atoms with Gasteiger partial charge in [0.25, 0.3) is 0 Å². The van der Waals surface area contributed by atoms with Crippen molar-refractivity contribution in [1.82, 2.24) is 4.90 Å². The van der Waals surface area contributed by atoms with Gasteiger partial charge in [-0.2, -0.15) is 0 Å². The van der Waals surface area contributed by atoms with Crippen LogP contribution >= 0.6 is 0 Å². The highest BCUT2D eigenvalue weighted by Crippen LogP contribution is 2.28. The van der Waals surface area contributed by atoms with Crippen molar-refractivity contribution in [3.8, 4) is 5.75 Å². The molecule has 1 heterocycles. The first-order chi connectivity index (χ1) is 13.6. The molecule has 1 aliphatic rings. The molecule has 0 unspecified atom stereocenters. The number of nitrogens with zero attached hydrogens (tertiary/aromatic N) is 2. The molecule has 0 N–H and O–H groups in total. The number of halogens is 1. The number of amides is 1. The lowest BCUT2D eigenvalue weighted by molar-refractivity contribution is -0.131. The fourth-order valence-corrected chi connectivity index (χ4v) is 3.43. The highest BCUT2D eigenvalue weighted by Gasteiger charge is 2.22. The molecule has 0 spiro atoms. The average Bonchev–Trinajstić information content (AvgIpc) is 2.74. The maximum absolute atomic E-state index is 12.9. The number of piperazine rings is 1. The zero-order valence-electron chi connectivity index (χ0n) is 16.1. The summed E-state index contributed by atoms with van der Waals surface area (Å²) in [6.07, 6.45) is 1.14. The average molecular weight is 384 g/mol. The number of anilines is 1. The largest absolute Gasteiger partial charge is 0.495 e. The number of methoxy groups -OCH3 is 1. The number of rotatable bonds is 7. The Bertz CT molecular complexity index is 815. The highest BCUT2D eigenvalue weighted by atomic mass is 19.1. The van der Waals surface area contributed by atoms with E-state index in [1.54, 1.807) is 7.11 Å². The summed E-state index contributed by atoms with van der Waals surface area (Å²) >= 11 is 0. The molecule has 1 saturated heterocycles. The summed E-state index contributed by atoms with van der Waals surface area (Å²) in [6.45, 7) is 2.81. The molecule has 5 nitrogen and oxygen atoms in total. The Balaban J connectivity index is 1.44. The van der Waals surface area contributed by atoms with Crippen LogP contribution < -0.4 is 9.64 Å². The smallest absolute Gasteiger partial charge is 0.222 e. The van der Waals surface area contributed by atoms with Gasteiger partial charge in [-0.25, -0.2) is 4.39 Å². The van der Waals surface area contributed by atoms with Gasteiger partial charge in [0.05, 0.1) is 12.8 Å². The van der Waals surface area contributed by atoms with Crippen molar-refractivity contribution in [2.24, 2.45) is 0 Å². The van der Waals surface area contributed by atoms with Gasteiger partial charge in [0.2, 0.25) is 5.91 Å². The number of benzene rings is 2. The Labute approximate surface area is 164 Å². The van der Waals surface area contributed by atoms with E-state index in [9.17, 15) is 14.0 Å². The van der Waals surface area contributed by atoms with Crippen molar-refractivity contribution in [2.75, 3.05) is 38.2 Å². The summed E-state index contributed by atoms with van der Waals surface area (Å²) in [4.78, 5) is 28.6. The molecular weight excluding hydrogens is 359 g/mol. The molecule has 2 aromatic rings. The summed E-state index contributed by atoms with van der Waals surface area (Å²) in [5.74, 6) is 0.487. The fourth-order valence-electron chi connectivity index (χ4n) is 3.43. The standard InChI is InChI=1S/C22H25FN2O3/c1-28-21-7-3-2-5-19(21)24-13-15-25(16-14-24)22(27)8-4-6-20(26)17-9-11-18(23)12-10-17/h2-3,5,7,9-12H,4,6,8,13-16H2,1H3. The van der Waals surface area contributed by atoms with Gasteiger partial charge in [-0.3, -0.25) is 9.59 Å². The zero-order chi connectivity index (χ0) is 19.9. The van der Waals surface area contributed by atoms with E-state index in [0.29, 0.717) is 37.9 Å². The minimum Gasteiger partial charge on any atom is -0.495 e. The van der Waals surface area contributed by atoms with Gasteiger partial charge in [0.1, 0.15) is 11.6 Å². The van der Waals surface area contributed by atoms with Gasteiger partial charge in [-0.05, 0) is 42.8 Å². The molecule has 1 amide bonds. The third-order valence-corrected chi connectivity index (χ3v) is 5.02. The lowest BCUT2D eigenvalue weighted by atomic mass is 10.1. The van der Waals surface area contributed by atoms with E-state index in [1.165, 1.54) is 24.3 Å². The normalized spacial score (nSPS) is 14.1. The van der Waals surface area contributed by atoms with Crippen molar-refractivity contribution in [2.45, 2.75) is 19.3 Å². The van der Waals surface area contributed by atoms with Crippen molar-refractivity contribution in [3.63, 3.8) is 0 Å². The number of carbonyl (C=O) groups excluding carboxylic acids is 2. The molecule has 0 atom stereocenters. The fraction of sp³-hybridized carbons (Fsp3) is 0.364.